The molecule has 0 unspecified atom stereocenters. The second kappa shape index (κ2) is 4.48. The number of carbonyl (C=O) groups is 1. The molecule has 2 N–H and O–H groups in total. The van der Waals surface area contributed by atoms with Crippen LogP contribution in [0.1, 0.15) is 16.1 Å². The lowest BCUT2D eigenvalue weighted by molar-refractivity contribution is 0.0697. The molecule has 0 amide bonds. The van der Waals surface area contributed by atoms with Gasteiger partial charge in [0.2, 0.25) is 0 Å². The molecular weight excluding hydrogens is 208 g/mol. The third-order valence-electron chi connectivity index (χ3n) is 2.09. The van der Waals surface area contributed by atoms with Gasteiger partial charge in [-0.05, 0) is 24.3 Å². The first-order valence-corrected chi connectivity index (χ1v) is 4.72. The number of carboxylic acid groups (broad SMARTS) is 1. The molecule has 0 saturated carbocycles. The lowest BCUT2D eigenvalue weighted by Gasteiger charge is -2.03. The minimum Gasteiger partial charge on any atom is -0.478 e. The van der Waals surface area contributed by atoms with Gasteiger partial charge >= 0.3 is 5.97 Å². The molecule has 0 aliphatic heterocycles. The zero-order valence-corrected chi connectivity index (χ0v) is 8.38. The highest BCUT2D eigenvalue weighted by Gasteiger charge is 2.02. The number of aromatic nitrogens is 1. The van der Waals surface area contributed by atoms with Crippen molar-refractivity contribution in [3.05, 3.63) is 47.9 Å². The van der Waals surface area contributed by atoms with E-state index in [0.29, 0.717) is 6.54 Å². The van der Waals surface area contributed by atoms with Crippen LogP contribution < -0.4 is 5.32 Å². The van der Waals surface area contributed by atoms with Crippen molar-refractivity contribution in [2.45, 2.75) is 6.54 Å². The average Bonchev–Trinajstić information content (AvgIpc) is 2.80. The van der Waals surface area contributed by atoms with Gasteiger partial charge in [-0.25, -0.2) is 4.79 Å². The van der Waals surface area contributed by atoms with Crippen molar-refractivity contribution in [2.24, 2.45) is 0 Å². The maximum absolute atomic E-state index is 10.6. The first-order valence-electron chi connectivity index (χ1n) is 4.72. The molecule has 0 aliphatic carbocycles. The van der Waals surface area contributed by atoms with Gasteiger partial charge < -0.3 is 14.9 Å². The Bertz CT molecular complexity index is 462. The number of carboxylic acids is 1. The van der Waals surface area contributed by atoms with E-state index in [4.69, 9.17) is 9.63 Å². The topological polar surface area (TPSA) is 75.4 Å². The zero-order valence-electron chi connectivity index (χ0n) is 8.38. The fraction of sp³-hybridized carbons (Fsp3) is 0.0909. The summed E-state index contributed by atoms with van der Waals surface area (Å²) in [6.45, 7) is 0.520. The van der Waals surface area contributed by atoms with E-state index >= 15 is 0 Å². The van der Waals surface area contributed by atoms with E-state index < -0.39 is 5.97 Å². The highest BCUT2D eigenvalue weighted by molar-refractivity contribution is 5.87. The number of anilines is 1. The number of benzene rings is 1. The number of aromatic carboxylic acids is 1. The number of rotatable bonds is 4. The van der Waals surface area contributed by atoms with Crippen LogP contribution >= 0.6 is 0 Å². The van der Waals surface area contributed by atoms with Crippen molar-refractivity contribution >= 4 is 11.7 Å². The van der Waals surface area contributed by atoms with Crippen LogP contribution in [0.15, 0.2) is 41.1 Å². The number of nitrogens with zero attached hydrogens (tertiary/aromatic N) is 1. The summed E-state index contributed by atoms with van der Waals surface area (Å²) < 4.78 is 4.91. The van der Waals surface area contributed by atoms with Crippen LogP contribution in [-0.2, 0) is 6.54 Å². The highest BCUT2D eigenvalue weighted by atomic mass is 16.5. The average molecular weight is 218 g/mol. The molecule has 2 rings (SSSR count). The second-order valence-corrected chi connectivity index (χ2v) is 3.21. The first kappa shape index (κ1) is 10.2. The molecule has 0 fully saturated rings. The Balaban J connectivity index is 1.98. The minimum absolute atomic E-state index is 0.269. The normalized spacial score (nSPS) is 10.0. The minimum atomic E-state index is -0.929. The molecule has 5 heteroatoms. The van der Waals surface area contributed by atoms with Crippen LogP contribution in [0, 0.1) is 0 Å². The third-order valence-corrected chi connectivity index (χ3v) is 2.09. The van der Waals surface area contributed by atoms with Gasteiger partial charge in [0, 0.05) is 11.8 Å². The fourth-order valence-electron chi connectivity index (χ4n) is 1.25. The molecule has 16 heavy (non-hydrogen) atoms. The fourth-order valence-corrected chi connectivity index (χ4v) is 1.25. The van der Waals surface area contributed by atoms with Crippen LogP contribution in [0.2, 0.25) is 0 Å². The molecule has 0 radical (unpaired) electrons. The van der Waals surface area contributed by atoms with E-state index in [1.165, 1.54) is 0 Å². The van der Waals surface area contributed by atoms with Crippen LogP contribution in [0.3, 0.4) is 0 Å². The second-order valence-electron chi connectivity index (χ2n) is 3.21. The van der Waals surface area contributed by atoms with Crippen LogP contribution in [-0.4, -0.2) is 16.2 Å². The molecule has 1 heterocycles. The van der Waals surface area contributed by atoms with Gasteiger partial charge in [0.25, 0.3) is 0 Å². The smallest absolute Gasteiger partial charge is 0.335 e. The maximum Gasteiger partial charge on any atom is 0.335 e. The van der Waals surface area contributed by atoms with Gasteiger partial charge in [-0.3, -0.25) is 0 Å². The van der Waals surface area contributed by atoms with Crippen molar-refractivity contribution in [3.63, 3.8) is 0 Å². The predicted molar refractivity (Wildman–Crippen MR) is 57.2 cm³/mol. The highest BCUT2D eigenvalue weighted by Crippen LogP contribution is 2.11. The summed E-state index contributed by atoms with van der Waals surface area (Å²) in [6, 6.07) is 8.27. The van der Waals surface area contributed by atoms with Gasteiger partial charge in [-0.1, -0.05) is 5.16 Å². The molecule has 1 aromatic heterocycles. The van der Waals surface area contributed by atoms with Crippen LogP contribution in [0.4, 0.5) is 5.69 Å². The lowest BCUT2D eigenvalue weighted by Crippen LogP contribution is -2.00. The van der Waals surface area contributed by atoms with Gasteiger partial charge in [0.1, 0.15) is 0 Å². The van der Waals surface area contributed by atoms with Gasteiger partial charge in [0.05, 0.1) is 18.3 Å². The largest absolute Gasteiger partial charge is 0.478 e. The van der Waals surface area contributed by atoms with E-state index in [0.717, 1.165) is 11.4 Å². The molecule has 0 aliphatic rings. The molecule has 0 spiro atoms. The van der Waals surface area contributed by atoms with Crippen molar-refractivity contribution in [2.75, 3.05) is 5.32 Å². The maximum atomic E-state index is 10.6. The summed E-state index contributed by atoms with van der Waals surface area (Å²) in [5, 5.41) is 15.4. The molecule has 5 nitrogen and oxygen atoms in total. The summed E-state index contributed by atoms with van der Waals surface area (Å²) in [7, 11) is 0. The Hall–Kier alpha value is -2.30. The third kappa shape index (κ3) is 2.38. The number of nitrogens with one attached hydrogen (secondary N) is 1. The molecule has 0 atom stereocenters. The van der Waals surface area contributed by atoms with E-state index in [1.807, 2.05) is 0 Å². The zero-order chi connectivity index (χ0) is 11.4. The molecule has 2 aromatic rings. The SMILES string of the molecule is O=C(O)c1ccc(NCc2ccno2)cc1. The van der Waals surface area contributed by atoms with Crippen LogP contribution in [0.25, 0.3) is 0 Å². The van der Waals surface area contributed by atoms with E-state index in [1.54, 1.807) is 36.5 Å². The Morgan fingerprint density at radius 1 is 1.31 bits per heavy atom. The van der Waals surface area contributed by atoms with E-state index in [-0.39, 0.29) is 5.56 Å². The van der Waals surface area contributed by atoms with Crippen molar-refractivity contribution in [1.82, 2.24) is 5.16 Å². The molecule has 1 aromatic carbocycles. The van der Waals surface area contributed by atoms with Crippen LogP contribution in [0.5, 0.6) is 0 Å². The number of hydrogen-bond donors (Lipinski definition) is 2. The Morgan fingerprint density at radius 3 is 2.62 bits per heavy atom. The standard InChI is InChI=1S/C11H10N2O3/c14-11(15)8-1-3-9(4-2-8)12-7-10-5-6-13-16-10/h1-6,12H,7H2,(H,14,15). The van der Waals surface area contributed by atoms with Crippen molar-refractivity contribution in [1.29, 1.82) is 0 Å². The molecular formula is C11H10N2O3. The van der Waals surface area contributed by atoms with E-state index in [2.05, 4.69) is 10.5 Å². The molecule has 0 saturated heterocycles. The monoisotopic (exact) mass is 218 g/mol. The van der Waals surface area contributed by atoms with Gasteiger partial charge in [-0.15, -0.1) is 0 Å². The summed E-state index contributed by atoms with van der Waals surface area (Å²) >= 11 is 0. The lowest BCUT2D eigenvalue weighted by atomic mass is 10.2. The summed E-state index contributed by atoms with van der Waals surface area (Å²) in [5.74, 6) is -0.205. The number of hydrogen-bond acceptors (Lipinski definition) is 4. The Morgan fingerprint density at radius 2 is 2.06 bits per heavy atom. The molecule has 0 bridgehead atoms. The first-order chi connectivity index (χ1) is 7.75. The van der Waals surface area contributed by atoms with Gasteiger partial charge in [0.15, 0.2) is 5.76 Å². The predicted octanol–water partition coefficient (Wildman–Crippen LogP) is 1.98. The molecule has 82 valence electrons. The van der Waals surface area contributed by atoms with Crippen molar-refractivity contribution < 1.29 is 14.4 Å². The Kier molecular flexibility index (Phi) is 2.86. The summed E-state index contributed by atoms with van der Waals surface area (Å²) in [6.07, 6.45) is 1.57. The summed E-state index contributed by atoms with van der Waals surface area (Å²) in [5.41, 5.74) is 1.10. The van der Waals surface area contributed by atoms with Gasteiger partial charge in [-0.2, -0.15) is 0 Å². The van der Waals surface area contributed by atoms with Crippen molar-refractivity contribution in [3.8, 4) is 0 Å². The van der Waals surface area contributed by atoms with E-state index in [9.17, 15) is 4.79 Å². The summed E-state index contributed by atoms with van der Waals surface area (Å²) in [4.78, 5) is 10.6. The Labute approximate surface area is 91.7 Å². The quantitative estimate of drug-likeness (QED) is 0.820.